The molecule has 0 radical (unpaired) electrons. The Labute approximate surface area is 187 Å². The third-order valence-electron chi connectivity index (χ3n) is 5.69. The molecular weight excluding hydrogens is 406 g/mol. The summed E-state index contributed by atoms with van der Waals surface area (Å²) in [7, 11) is 0. The molecule has 0 saturated heterocycles. The number of nitrogens with zero attached hydrogens (tertiary/aromatic N) is 2. The maximum atomic E-state index is 13.0. The molecule has 2 aromatic carbocycles. The summed E-state index contributed by atoms with van der Waals surface area (Å²) in [5.41, 5.74) is 1.70. The number of benzene rings is 2. The van der Waals surface area contributed by atoms with Crippen molar-refractivity contribution in [3.05, 3.63) is 70.1 Å². The van der Waals surface area contributed by atoms with E-state index in [1.807, 2.05) is 48.2 Å². The fraction of sp³-hybridized carbons (Fsp3) is 0.400. The van der Waals surface area contributed by atoms with Gasteiger partial charge in [0.1, 0.15) is 0 Å². The molecule has 6 heteroatoms. The molecule has 0 atom stereocenters. The molecule has 0 unspecified atom stereocenters. The van der Waals surface area contributed by atoms with Crippen LogP contribution in [0.3, 0.4) is 0 Å². The third-order valence-corrected chi connectivity index (χ3v) is 6.70. The number of hydrogen-bond donors (Lipinski definition) is 1. The highest BCUT2D eigenvalue weighted by atomic mass is 32.2. The second kappa shape index (κ2) is 9.69. The maximum Gasteiger partial charge on any atom is 0.274 e. The molecular formula is C25H29N3O2S. The van der Waals surface area contributed by atoms with Gasteiger partial charge in [0.15, 0.2) is 0 Å². The highest BCUT2D eigenvalue weighted by Gasteiger charge is 2.21. The Morgan fingerprint density at radius 2 is 1.77 bits per heavy atom. The molecule has 1 N–H and O–H groups in total. The first kappa shape index (κ1) is 21.6. The highest BCUT2D eigenvalue weighted by Crippen LogP contribution is 2.28. The van der Waals surface area contributed by atoms with Gasteiger partial charge in [-0.15, -0.1) is 11.8 Å². The maximum absolute atomic E-state index is 13.0. The van der Waals surface area contributed by atoms with Crippen LogP contribution in [-0.2, 0) is 17.8 Å². The molecule has 3 aromatic rings. The van der Waals surface area contributed by atoms with Crippen LogP contribution >= 0.6 is 11.8 Å². The third kappa shape index (κ3) is 5.18. The van der Waals surface area contributed by atoms with E-state index < -0.39 is 0 Å². The normalized spacial score (nSPS) is 14.4. The lowest BCUT2D eigenvalue weighted by atomic mass is 10.1. The summed E-state index contributed by atoms with van der Waals surface area (Å²) in [6, 6.07) is 15.9. The van der Waals surface area contributed by atoms with Crippen molar-refractivity contribution in [2.75, 3.05) is 0 Å². The molecule has 1 heterocycles. The predicted octanol–water partition coefficient (Wildman–Crippen LogP) is 4.87. The van der Waals surface area contributed by atoms with Crippen LogP contribution in [0.25, 0.3) is 10.8 Å². The fourth-order valence-corrected chi connectivity index (χ4v) is 5.03. The Morgan fingerprint density at radius 3 is 2.45 bits per heavy atom. The van der Waals surface area contributed by atoms with Crippen LogP contribution in [0.2, 0.25) is 0 Å². The second-order valence-corrected chi connectivity index (χ2v) is 10.1. The molecule has 0 bridgehead atoms. The zero-order valence-corrected chi connectivity index (χ0v) is 19.0. The van der Waals surface area contributed by atoms with Gasteiger partial charge in [0.2, 0.25) is 5.91 Å². The minimum Gasteiger partial charge on any atom is -0.350 e. The van der Waals surface area contributed by atoms with E-state index >= 15 is 0 Å². The van der Waals surface area contributed by atoms with Gasteiger partial charge in [-0.25, -0.2) is 4.68 Å². The van der Waals surface area contributed by atoms with Gasteiger partial charge in [0.05, 0.1) is 30.1 Å². The van der Waals surface area contributed by atoms with Gasteiger partial charge < -0.3 is 5.32 Å². The van der Waals surface area contributed by atoms with Gasteiger partial charge in [0.25, 0.3) is 5.56 Å². The standard InChI is InChI=1S/C25H29N3O2S/c1-17(2)31-20-13-11-18(12-14-20)15-24(29)26-16-23-21-9-5-6-10-22(21)25(30)28(27-23)19-7-3-4-8-19/h5-6,9-14,17,19H,3-4,7-8,15-16H2,1-2H3,(H,26,29). The first-order chi connectivity index (χ1) is 15.0. The Kier molecular flexibility index (Phi) is 6.76. The lowest BCUT2D eigenvalue weighted by Crippen LogP contribution is -2.30. The average molecular weight is 436 g/mol. The number of nitrogens with one attached hydrogen (secondary N) is 1. The zero-order chi connectivity index (χ0) is 21.8. The van der Waals surface area contributed by atoms with Gasteiger partial charge >= 0.3 is 0 Å². The van der Waals surface area contributed by atoms with E-state index in [1.165, 1.54) is 4.90 Å². The van der Waals surface area contributed by atoms with Crippen molar-refractivity contribution in [3.8, 4) is 0 Å². The van der Waals surface area contributed by atoms with Crippen molar-refractivity contribution in [1.82, 2.24) is 15.1 Å². The van der Waals surface area contributed by atoms with E-state index in [-0.39, 0.29) is 17.5 Å². The topological polar surface area (TPSA) is 64.0 Å². The first-order valence-corrected chi connectivity index (χ1v) is 11.9. The zero-order valence-electron chi connectivity index (χ0n) is 18.1. The van der Waals surface area contributed by atoms with Crippen LogP contribution in [0.5, 0.6) is 0 Å². The molecule has 0 spiro atoms. The highest BCUT2D eigenvalue weighted by molar-refractivity contribution is 7.99. The number of fused-ring (bicyclic) bond motifs is 1. The van der Waals surface area contributed by atoms with Crippen molar-refractivity contribution in [1.29, 1.82) is 0 Å². The van der Waals surface area contributed by atoms with E-state index in [4.69, 9.17) is 0 Å². The summed E-state index contributed by atoms with van der Waals surface area (Å²) in [4.78, 5) is 26.7. The number of carbonyl (C=O) groups excluding carboxylic acids is 1. The molecule has 4 rings (SSSR count). The molecule has 1 saturated carbocycles. The molecule has 31 heavy (non-hydrogen) atoms. The summed E-state index contributed by atoms with van der Waals surface area (Å²) >= 11 is 1.81. The van der Waals surface area contributed by atoms with Crippen molar-refractivity contribution >= 4 is 28.4 Å². The first-order valence-electron chi connectivity index (χ1n) is 11.0. The quantitative estimate of drug-likeness (QED) is 0.538. The number of rotatable bonds is 7. The van der Waals surface area contributed by atoms with Gasteiger partial charge in [-0.3, -0.25) is 9.59 Å². The average Bonchev–Trinajstić information content (AvgIpc) is 3.29. The van der Waals surface area contributed by atoms with Crippen molar-refractivity contribution in [3.63, 3.8) is 0 Å². The van der Waals surface area contributed by atoms with E-state index in [1.54, 1.807) is 4.68 Å². The fourth-order valence-electron chi connectivity index (χ4n) is 4.19. The second-order valence-electron chi connectivity index (χ2n) is 8.44. The molecule has 1 aliphatic rings. The Morgan fingerprint density at radius 1 is 1.10 bits per heavy atom. The largest absolute Gasteiger partial charge is 0.350 e. The molecule has 162 valence electrons. The minimum atomic E-state index is -0.0474. The molecule has 5 nitrogen and oxygen atoms in total. The summed E-state index contributed by atoms with van der Waals surface area (Å²) in [5.74, 6) is -0.0474. The van der Waals surface area contributed by atoms with Crippen LogP contribution in [0, 0.1) is 0 Å². The minimum absolute atomic E-state index is 0.0306. The van der Waals surface area contributed by atoms with E-state index in [9.17, 15) is 9.59 Å². The number of aromatic nitrogens is 2. The van der Waals surface area contributed by atoms with E-state index in [0.717, 1.165) is 42.3 Å². The van der Waals surface area contributed by atoms with Gasteiger partial charge in [-0.2, -0.15) is 5.10 Å². The summed E-state index contributed by atoms with van der Waals surface area (Å²) in [6.45, 7) is 4.65. The lowest BCUT2D eigenvalue weighted by Gasteiger charge is -2.16. The van der Waals surface area contributed by atoms with Crippen LogP contribution < -0.4 is 10.9 Å². The molecule has 1 aliphatic carbocycles. The summed E-state index contributed by atoms with van der Waals surface area (Å²) < 4.78 is 1.65. The predicted molar refractivity (Wildman–Crippen MR) is 126 cm³/mol. The number of carbonyl (C=O) groups is 1. The smallest absolute Gasteiger partial charge is 0.274 e. The molecule has 1 fully saturated rings. The van der Waals surface area contributed by atoms with E-state index in [0.29, 0.717) is 23.6 Å². The van der Waals surface area contributed by atoms with Crippen molar-refractivity contribution in [2.24, 2.45) is 0 Å². The van der Waals surface area contributed by atoms with Gasteiger partial charge in [0, 0.05) is 15.5 Å². The summed E-state index contributed by atoms with van der Waals surface area (Å²) in [5, 5.41) is 9.71. The summed E-state index contributed by atoms with van der Waals surface area (Å²) in [6.07, 6.45) is 4.56. The van der Waals surface area contributed by atoms with Crippen LogP contribution in [0.1, 0.15) is 56.8 Å². The van der Waals surface area contributed by atoms with Crippen LogP contribution in [0.4, 0.5) is 0 Å². The number of amides is 1. The Balaban J connectivity index is 1.48. The Hall–Kier alpha value is -2.60. The SMILES string of the molecule is CC(C)Sc1ccc(CC(=O)NCc2nn(C3CCCC3)c(=O)c3ccccc23)cc1. The lowest BCUT2D eigenvalue weighted by molar-refractivity contribution is -0.120. The van der Waals surface area contributed by atoms with Gasteiger partial charge in [-0.05, 0) is 36.6 Å². The molecule has 1 amide bonds. The van der Waals surface area contributed by atoms with Crippen molar-refractivity contribution < 1.29 is 4.79 Å². The van der Waals surface area contributed by atoms with Crippen LogP contribution in [0.15, 0.2) is 58.2 Å². The Bertz CT molecular complexity index is 1120. The van der Waals surface area contributed by atoms with Gasteiger partial charge in [-0.1, -0.05) is 57.0 Å². The molecule has 1 aromatic heterocycles. The number of hydrogen-bond acceptors (Lipinski definition) is 4. The van der Waals surface area contributed by atoms with E-state index in [2.05, 4.69) is 36.4 Å². The van der Waals surface area contributed by atoms with Crippen molar-refractivity contribution in [2.45, 2.75) is 68.7 Å². The molecule has 0 aliphatic heterocycles. The van der Waals surface area contributed by atoms with Crippen LogP contribution in [-0.4, -0.2) is 20.9 Å². The number of thioether (sulfide) groups is 1. The monoisotopic (exact) mass is 435 g/mol.